The fraction of sp³-hybridized carbons (Fsp3) is 0.200. The number of halogens is 3. The van der Waals surface area contributed by atoms with E-state index in [1.165, 1.54) is 0 Å². The van der Waals surface area contributed by atoms with Crippen molar-refractivity contribution in [2.75, 3.05) is 0 Å². The van der Waals surface area contributed by atoms with Crippen molar-refractivity contribution in [1.82, 2.24) is 0 Å². The summed E-state index contributed by atoms with van der Waals surface area (Å²) >= 11 is 9.10. The third-order valence-corrected chi connectivity index (χ3v) is 4.76. The van der Waals surface area contributed by atoms with Crippen LogP contribution in [-0.4, -0.2) is 6.10 Å². The highest BCUT2D eigenvalue weighted by Gasteiger charge is 2.31. The van der Waals surface area contributed by atoms with Crippen molar-refractivity contribution in [1.29, 1.82) is 0 Å². The van der Waals surface area contributed by atoms with Gasteiger partial charge >= 0.3 is 0 Å². The zero-order chi connectivity index (χ0) is 14.3. The van der Waals surface area contributed by atoms with Crippen molar-refractivity contribution >= 4 is 27.5 Å². The first kappa shape index (κ1) is 13.9. The van der Waals surface area contributed by atoms with Crippen LogP contribution in [0.4, 0.5) is 4.39 Å². The molecule has 20 heavy (non-hydrogen) atoms. The lowest BCUT2D eigenvalue weighted by Crippen LogP contribution is -2.30. The molecule has 2 atom stereocenters. The largest absolute Gasteiger partial charge is 0.488 e. The van der Waals surface area contributed by atoms with Gasteiger partial charge in [0.15, 0.2) is 0 Å². The third kappa shape index (κ3) is 2.32. The number of hydrogen-bond acceptors (Lipinski definition) is 2. The Balaban J connectivity index is 1.88. The molecule has 5 heteroatoms. The molecule has 1 aliphatic heterocycles. The van der Waals surface area contributed by atoms with Crippen LogP contribution < -0.4 is 10.5 Å². The zero-order valence-electron chi connectivity index (χ0n) is 10.4. The molecule has 2 aromatic carbocycles. The van der Waals surface area contributed by atoms with Crippen LogP contribution in [0.15, 0.2) is 40.9 Å². The molecule has 0 saturated heterocycles. The fourth-order valence-corrected chi connectivity index (χ4v) is 2.89. The molecule has 0 amide bonds. The van der Waals surface area contributed by atoms with Gasteiger partial charge < -0.3 is 10.5 Å². The summed E-state index contributed by atoms with van der Waals surface area (Å²) in [7, 11) is 0. The maximum absolute atomic E-state index is 14.2. The van der Waals surface area contributed by atoms with Crippen LogP contribution in [-0.2, 0) is 6.42 Å². The van der Waals surface area contributed by atoms with Gasteiger partial charge in [-0.1, -0.05) is 35.9 Å². The minimum absolute atomic E-state index is 0.0495. The van der Waals surface area contributed by atoms with E-state index in [9.17, 15) is 4.39 Å². The topological polar surface area (TPSA) is 35.2 Å². The van der Waals surface area contributed by atoms with E-state index in [1.54, 1.807) is 12.1 Å². The van der Waals surface area contributed by atoms with E-state index in [0.29, 0.717) is 16.5 Å². The summed E-state index contributed by atoms with van der Waals surface area (Å²) in [6.45, 7) is 0. The SMILES string of the molecule is NC(c1ccc(Br)c(Cl)c1F)C1Cc2ccccc2O1. The summed E-state index contributed by atoms with van der Waals surface area (Å²) in [5.74, 6) is 0.324. The van der Waals surface area contributed by atoms with E-state index >= 15 is 0 Å². The van der Waals surface area contributed by atoms with E-state index in [2.05, 4.69) is 15.9 Å². The summed E-state index contributed by atoms with van der Waals surface area (Å²) in [6, 6.07) is 10.5. The molecule has 0 saturated carbocycles. The number of hydrogen-bond donors (Lipinski definition) is 1. The number of fused-ring (bicyclic) bond motifs is 1. The van der Waals surface area contributed by atoms with Gasteiger partial charge in [0.2, 0.25) is 0 Å². The van der Waals surface area contributed by atoms with Crippen LogP contribution >= 0.6 is 27.5 Å². The minimum atomic E-state index is -0.562. The number of benzene rings is 2. The van der Waals surface area contributed by atoms with Crippen molar-refractivity contribution < 1.29 is 9.13 Å². The molecule has 104 valence electrons. The highest BCUT2D eigenvalue weighted by Crippen LogP contribution is 2.36. The molecule has 0 aromatic heterocycles. The number of rotatable bonds is 2. The summed E-state index contributed by atoms with van der Waals surface area (Å²) in [4.78, 5) is 0. The maximum Gasteiger partial charge on any atom is 0.147 e. The number of para-hydroxylation sites is 1. The van der Waals surface area contributed by atoms with Crippen molar-refractivity contribution in [2.45, 2.75) is 18.6 Å². The van der Waals surface area contributed by atoms with Gasteiger partial charge in [0.1, 0.15) is 17.7 Å². The second-order valence-electron chi connectivity index (χ2n) is 4.76. The molecule has 2 N–H and O–H groups in total. The van der Waals surface area contributed by atoms with Gasteiger partial charge in [-0.3, -0.25) is 0 Å². The normalized spacial score (nSPS) is 18.5. The predicted molar refractivity (Wildman–Crippen MR) is 80.6 cm³/mol. The monoisotopic (exact) mass is 355 g/mol. The molecule has 0 radical (unpaired) electrons. The Hall–Kier alpha value is -1.10. The van der Waals surface area contributed by atoms with E-state index in [0.717, 1.165) is 11.3 Å². The van der Waals surface area contributed by atoms with Crippen LogP contribution in [0.5, 0.6) is 5.75 Å². The van der Waals surface area contributed by atoms with Gasteiger partial charge in [0.05, 0.1) is 11.1 Å². The Labute approximate surface area is 129 Å². The lowest BCUT2D eigenvalue weighted by Gasteiger charge is -2.20. The van der Waals surface area contributed by atoms with Gasteiger partial charge in [-0.05, 0) is 33.6 Å². The number of nitrogens with two attached hydrogens (primary N) is 1. The molecule has 2 aromatic rings. The molecule has 0 bridgehead atoms. The Morgan fingerprint density at radius 3 is 2.80 bits per heavy atom. The third-order valence-electron chi connectivity index (χ3n) is 3.50. The van der Waals surface area contributed by atoms with Crippen molar-refractivity contribution in [3.05, 3.63) is 62.8 Å². The summed E-state index contributed by atoms with van der Waals surface area (Å²) in [5, 5.41) is 0.0495. The molecule has 3 rings (SSSR count). The summed E-state index contributed by atoms with van der Waals surface area (Å²) in [6.07, 6.45) is 0.393. The Bertz CT molecular complexity index is 639. The Morgan fingerprint density at radius 2 is 2.05 bits per heavy atom. The van der Waals surface area contributed by atoms with Crippen molar-refractivity contribution in [3.63, 3.8) is 0 Å². The van der Waals surface area contributed by atoms with E-state index in [4.69, 9.17) is 22.1 Å². The van der Waals surface area contributed by atoms with Gasteiger partial charge in [-0.15, -0.1) is 0 Å². The molecular weight excluding hydrogens is 345 g/mol. The van der Waals surface area contributed by atoms with Crippen LogP contribution in [0.2, 0.25) is 5.02 Å². The molecule has 1 heterocycles. The molecule has 2 unspecified atom stereocenters. The zero-order valence-corrected chi connectivity index (χ0v) is 12.8. The highest BCUT2D eigenvalue weighted by atomic mass is 79.9. The van der Waals surface area contributed by atoms with Crippen LogP contribution in [0.3, 0.4) is 0 Å². The first-order valence-corrected chi connectivity index (χ1v) is 7.38. The Kier molecular flexibility index (Phi) is 3.71. The first-order chi connectivity index (χ1) is 9.58. The van der Waals surface area contributed by atoms with E-state index in [1.807, 2.05) is 24.3 Å². The fourth-order valence-electron chi connectivity index (χ4n) is 2.41. The number of ether oxygens (including phenoxy) is 1. The van der Waals surface area contributed by atoms with Crippen LogP contribution in [0.25, 0.3) is 0 Å². The van der Waals surface area contributed by atoms with Gasteiger partial charge in [-0.2, -0.15) is 0 Å². The van der Waals surface area contributed by atoms with Gasteiger partial charge in [0.25, 0.3) is 0 Å². The minimum Gasteiger partial charge on any atom is -0.488 e. The van der Waals surface area contributed by atoms with E-state index in [-0.39, 0.29) is 11.1 Å². The van der Waals surface area contributed by atoms with Crippen LogP contribution in [0.1, 0.15) is 17.2 Å². The van der Waals surface area contributed by atoms with Gasteiger partial charge in [0, 0.05) is 16.5 Å². The predicted octanol–water partition coefficient (Wildman–Crippen LogP) is 4.25. The summed E-state index contributed by atoms with van der Waals surface area (Å²) < 4.78 is 20.5. The first-order valence-electron chi connectivity index (χ1n) is 6.21. The van der Waals surface area contributed by atoms with Crippen molar-refractivity contribution in [2.24, 2.45) is 5.73 Å². The lowest BCUT2D eigenvalue weighted by molar-refractivity contribution is 0.197. The quantitative estimate of drug-likeness (QED) is 0.817. The molecule has 1 aliphatic rings. The highest BCUT2D eigenvalue weighted by molar-refractivity contribution is 9.10. The maximum atomic E-state index is 14.2. The molecule has 0 fully saturated rings. The molecular formula is C15H12BrClFNO. The second-order valence-corrected chi connectivity index (χ2v) is 5.99. The average molecular weight is 357 g/mol. The van der Waals surface area contributed by atoms with Crippen molar-refractivity contribution in [3.8, 4) is 5.75 Å². The van der Waals surface area contributed by atoms with Gasteiger partial charge in [-0.25, -0.2) is 4.39 Å². The molecule has 2 nitrogen and oxygen atoms in total. The smallest absolute Gasteiger partial charge is 0.147 e. The van der Waals surface area contributed by atoms with E-state index < -0.39 is 11.9 Å². The standard InChI is InChI=1S/C15H12BrClFNO/c16-10-6-5-9(14(18)13(10)17)15(19)12-7-8-3-1-2-4-11(8)20-12/h1-6,12,15H,7,19H2. The average Bonchev–Trinajstić information content (AvgIpc) is 2.88. The molecule has 0 aliphatic carbocycles. The van der Waals surface area contributed by atoms with Crippen LogP contribution in [0, 0.1) is 5.82 Å². The second kappa shape index (κ2) is 5.35. The Morgan fingerprint density at radius 1 is 1.30 bits per heavy atom. The molecule has 0 spiro atoms. The summed E-state index contributed by atoms with van der Waals surface area (Å²) in [5.41, 5.74) is 7.63. The lowest BCUT2D eigenvalue weighted by atomic mass is 9.98.